The van der Waals surface area contributed by atoms with Crippen molar-refractivity contribution < 1.29 is 4.39 Å². The van der Waals surface area contributed by atoms with Crippen LogP contribution in [0.15, 0.2) is 0 Å². The van der Waals surface area contributed by atoms with Gasteiger partial charge >= 0.3 is 0 Å². The van der Waals surface area contributed by atoms with E-state index < -0.39 is 6.17 Å². The summed E-state index contributed by atoms with van der Waals surface area (Å²) in [6.45, 7) is 5.73. The number of halogens is 1. The molecule has 2 fully saturated rings. The molecule has 0 aromatic carbocycles. The Kier molecular flexibility index (Phi) is 3.36. The Morgan fingerprint density at radius 2 is 1.93 bits per heavy atom. The first-order valence-electron chi connectivity index (χ1n) is 5.55. The second kappa shape index (κ2) is 4.55. The summed E-state index contributed by atoms with van der Waals surface area (Å²) in [7, 11) is 2.13. The molecule has 4 heteroatoms. The van der Waals surface area contributed by atoms with Crippen molar-refractivity contribution in [2.24, 2.45) is 0 Å². The Balaban J connectivity index is 1.87. The van der Waals surface area contributed by atoms with Crippen LogP contribution < -0.4 is 5.32 Å². The number of likely N-dealkylation sites (N-methyl/N-ethyl adjacent to an activating group) is 1. The number of hydrogen-bond acceptors (Lipinski definition) is 3. The number of nitrogens with one attached hydrogen (secondary N) is 1. The largest absolute Gasteiger partial charge is 0.314 e. The molecule has 82 valence electrons. The minimum Gasteiger partial charge on any atom is -0.314 e. The highest BCUT2D eigenvalue weighted by Crippen LogP contribution is 2.16. The van der Waals surface area contributed by atoms with Crippen LogP contribution in [-0.2, 0) is 0 Å². The van der Waals surface area contributed by atoms with Crippen molar-refractivity contribution in [1.29, 1.82) is 0 Å². The SMILES string of the molecule is CN1CCN(C2CCNCC2F)CC1. The lowest BCUT2D eigenvalue weighted by atomic mass is 10.0. The Bertz CT molecular complexity index is 180. The normalized spacial score (nSPS) is 37.3. The third kappa shape index (κ3) is 2.24. The summed E-state index contributed by atoms with van der Waals surface area (Å²) in [6, 6.07) is 0.171. The molecule has 0 radical (unpaired) electrons. The molecule has 2 saturated heterocycles. The van der Waals surface area contributed by atoms with Gasteiger partial charge in [0.15, 0.2) is 0 Å². The third-order valence-corrected chi connectivity index (χ3v) is 3.38. The summed E-state index contributed by atoms with van der Waals surface area (Å²) in [5.74, 6) is 0. The summed E-state index contributed by atoms with van der Waals surface area (Å²) in [5.41, 5.74) is 0. The average Bonchev–Trinajstić information content (AvgIpc) is 2.20. The first-order chi connectivity index (χ1) is 6.77. The van der Waals surface area contributed by atoms with Crippen LogP contribution in [-0.4, -0.2) is 68.3 Å². The highest BCUT2D eigenvalue weighted by atomic mass is 19.1. The highest BCUT2D eigenvalue weighted by molar-refractivity contribution is 4.87. The van der Waals surface area contributed by atoms with Gasteiger partial charge in [-0.25, -0.2) is 4.39 Å². The molecule has 0 bridgehead atoms. The van der Waals surface area contributed by atoms with Gasteiger partial charge in [-0.05, 0) is 20.0 Å². The minimum absolute atomic E-state index is 0.171. The van der Waals surface area contributed by atoms with Crippen LogP contribution in [0.3, 0.4) is 0 Å². The second-order valence-electron chi connectivity index (χ2n) is 4.42. The van der Waals surface area contributed by atoms with E-state index in [4.69, 9.17) is 0 Å². The van der Waals surface area contributed by atoms with E-state index in [1.807, 2.05) is 0 Å². The van der Waals surface area contributed by atoms with Crippen LogP contribution in [0.5, 0.6) is 0 Å². The van der Waals surface area contributed by atoms with Crippen molar-refractivity contribution >= 4 is 0 Å². The van der Waals surface area contributed by atoms with Gasteiger partial charge in [-0.3, -0.25) is 4.90 Å². The van der Waals surface area contributed by atoms with Gasteiger partial charge in [0.25, 0.3) is 0 Å². The molecule has 0 spiro atoms. The van der Waals surface area contributed by atoms with E-state index in [0.717, 1.165) is 39.1 Å². The lowest BCUT2D eigenvalue weighted by Gasteiger charge is -2.41. The number of piperazine rings is 1. The van der Waals surface area contributed by atoms with E-state index in [9.17, 15) is 4.39 Å². The molecule has 0 amide bonds. The maximum atomic E-state index is 13.6. The molecule has 0 saturated carbocycles. The molecule has 2 atom stereocenters. The van der Waals surface area contributed by atoms with E-state index in [0.29, 0.717) is 6.54 Å². The van der Waals surface area contributed by atoms with Crippen molar-refractivity contribution in [2.75, 3.05) is 46.3 Å². The lowest BCUT2D eigenvalue weighted by Crippen LogP contribution is -2.56. The van der Waals surface area contributed by atoms with Gasteiger partial charge < -0.3 is 10.2 Å². The molecule has 0 aromatic heterocycles. The van der Waals surface area contributed by atoms with Crippen LogP contribution in [0.1, 0.15) is 6.42 Å². The van der Waals surface area contributed by atoms with Crippen LogP contribution >= 0.6 is 0 Å². The first kappa shape index (κ1) is 10.3. The number of rotatable bonds is 1. The van der Waals surface area contributed by atoms with Crippen LogP contribution in [0.2, 0.25) is 0 Å². The number of alkyl halides is 1. The number of hydrogen-bond donors (Lipinski definition) is 1. The fourth-order valence-electron chi connectivity index (χ4n) is 2.37. The van der Waals surface area contributed by atoms with Gasteiger partial charge in [0.05, 0.1) is 0 Å². The van der Waals surface area contributed by atoms with Crippen molar-refractivity contribution in [3.63, 3.8) is 0 Å². The van der Waals surface area contributed by atoms with Gasteiger partial charge in [0.2, 0.25) is 0 Å². The highest BCUT2D eigenvalue weighted by Gasteiger charge is 2.31. The van der Waals surface area contributed by atoms with Gasteiger partial charge in [0.1, 0.15) is 6.17 Å². The minimum atomic E-state index is -0.674. The van der Waals surface area contributed by atoms with Gasteiger partial charge in [-0.2, -0.15) is 0 Å². The molecule has 0 aliphatic carbocycles. The molecule has 0 aromatic rings. The molecule has 2 heterocycles. The Morgan fingerprint density at radius 1 is 1.21 bits per heavy atom. The second-order valence-corrected chi connectivity index (χ2v) is 4.42. The molecule has 2 aliphatic rings. The smallest absolute Gasteiger partial charge is 0.128 e. The standard InChI is InChI=1S/C10H20FN3/c1-13-4-6-14(7-5-13)10-2-3-12-8-9(10)11/h9-10,12H,2-8H2,1H3. The quantitative estimate of drug-likeness (QED) is 0.641. The zero-order chi connectivity index (χ0) is 9.97. The number of piperidine rings is 1. The van der Waals surface area contributed by atoms with Crippen LogP contribution in [0.4, 0.5) is 4.39 Å². The summed E-state index contributed by atoms with van der Waals surface area (Å²) in [6.07, 6.45) is 0.289. The van der Waals surface area contributed by atoms with E-state index in [2.05, 4.69) is 22.2 Å². The summed E-state index contributed by atoms with van der Waals surface area (Å²) >= 11 is 0. The monoisotopic (exact) mass is 201 g/mol. The molecular weight excluding hydrogens is 181 g/mol. The summed E-state index contributed by atoms with van der Waals surface area (Å²) in [5, 5.41) is 3.10. The van der Waals surface area contributed by atoms with Gasteiger partial charge in [-0.15, -0.1) is 0 Å². The molecule has 2 unspecified atom stereocenters. The summed E-state index contributed by atoms with van der Waals surface area (Å²) < 4.78 is 13.6. The summed E-state index contributed by atoms with van der Waals surface area (Å²) in [4.78, 5) is 4.64. The Hall–Kier alpha value is -0.190. The average molecular weight is 201 g/mol. The molecule has 3 nitrogen and oxygen atoms in total. The molecule has 2 rings (SSSR count). The fraction of sp³-hybridized carbons (Fsp3) is 1.00. The van der Waals surface area contributed by atoms with Crippen molar-refractivity contribution in [3.8, 4) is 0 Å². The Morgan fingerprint density at radius 3 is 2.57 bits per heavy atom. The topological polar surface area (TPSA) is 18.5 Å². The maximum Gasteiger partial charge on any atom is 0.128 e. The van der Waals surface area contributed by atoms with E-state index >= 15 is 0 Å². The van der Waals surface area contributed by atoms with E-state index in [1.54, 1.807) is 0 Å². The van der Waals surface area contributed by atoms with Crippen molar-refractivity contribution in [1.82, 2.24) is 15.1 Å². The Labute approximate surface area is 85.2 Å². The molecule has 14 heavy (non-hydrogen) atoms. The zero-order valence-corrected chi connectivity index (χ0v) is 8.88. The van der Waals surface area contributed by atoms with Crippen molar-refractivity contribution in [3.05, 3.63) is 0 Å². The molecular formula is C10H20FN3. The molecule has 1 N–H and O–H groups in total. The van der Waals surface area contributed by atoms with E-state index in [-0.39, 0.29) is 6.04 Å². The van der Waals surface area contributed by atoms with Gasteiger partial charge in [0, 0.05) is 38.8 Å². The van der Waals surface area contributed by atoms with Crippen LogP contribution in [0.25, 0.3) is 0 Å². The fourth-order valence-corrected chi connectivity index (χ4v) is 2.37. The lowest BCUT2D eigenvalue weighted by molar-refractivity contribution is 0.0476. The third-order valence-electron chi connectivity index (χ3n) is 3.38. The zero-order valence-electron chi connectivity index (χ0n) is 8.88. The van der Waals surface area contributed by atoms with Gasteiger partial charge in [-0.1, -0.05) is 0 Å². The van der Waals surface area contributed by atoms with Crippen LogP contribution in [0, 0.1) is 0 Å². The predicted molar refractivity (Wildman–Crippen MR) is 55.2 cm³/mol. The number of nitrogens with zero attached hydrogens (tertiary/aromatic N) is 2. The van der Waals surface area contributed by atoms with E-state index in [1.165, 1.54) is 0 Å². The maximum absolute atomic E-state index is 13.6. The predicted octanol–water partition coefficient (Wildman–Crippen LogP) is -0.0662. The first-order valence-corrected chi connectivity index (χ1v) is 5.55. The molecule has 2 aliphatic heterocycles. The van der Waals surface area contributed by atoms with Crippen molar-refractivity contribution in [2.45, 2.75) is 18.6 Å².